The minimum absolute atomic E-state index is 0.124. The summed E-state index contributed by atoms with van der Waals surface area (Å²) in [7, 11) is -4.25. The Morgan fingerprint density at radius 1 is 0.969 bits per heavy atom. The maximum Gasteiger partial charge on any atom is 0.244 e. The molecular weight excluding hydrogens is 447 g/mol. The van der Waals surface area contributed by atoms with E-state index in [2.05, 4.69) is 10.0 Å². The zero-order valence-corrected chi connectivity index (χ0v) is 19.4. The monoisotopic (exact) mass is 472 g/mol. The molecule has 0 aromatic heterocycles. The summed E-state index contributed by atoms with van der Waals surface area (Å²) < 4.78 is 42.2. The lowest BCUT2D eigenvalue weighted by Gasteiger charge is -2.22. The van der Waals surface area contributed by atoms with Crippen molar-refractivity contribution in [2.24, 2.45) is 0 Å². The van der Waals surface area contributed by atoms with Crippen molar-refractivity contribution in [3.05, 3.63) is 95.8 Å². The van der Waals surface area contributed by atoms with E-state index in [1.54, 1.807) is 11.8 Å². The van der Waals surface area contributed by atoms with Gasteiger partial charge in [0.25, 0.3) is 0 Å². The quantitative estimate of drug-likeness (QED) is 0.455. The van der Waals surface area contributed by atoms with Crippen LogP contribution in [0.4, 0.5) is 4.39 Å². The summed E-state index contributed by atoms with van der Waals surface area (Å²) in [5.74, 6) is -1.36. The molecule has 3 aromatic rings. The molecule has 1 amide bonds. The molecule has 5 nitrogen and oxygen atoms in total. The topological polar surface area (TPSA) is 75.3 Å². The Morgan fingerprint density at radius 3 is 2.22 bits per heavy atom. The van der Waals surface area contributed by atoms with Gasteiger partial charge in [-0.25, -0.2) is 12.8 Å². The lowest BCUT2D eigenvalue weighted by atomic mass is 10.0. The van der Waals surface area contributed by atoms with Gasteiger partial charge in [0.1, 0.15) is 16.8 Å². The van der Waals surface area contributed by atoms with Crippen LogP contribution < -0.4 is 10.0 Å². The van der Waals surface area contributed by atoms with E-state index >= 15 is 0 Å². The van der Waals surface area contributed by atoms with Gasteiger partial charge in [0, 0.05) is 4.90 Å². The Kier molecular flexibility index (Phi) is 8.06. The number of halogens is 1. The first-order valence-electron chi connectivity index (χ1n) is 10.1. The summed E-state index contributed by atoms with van der Waals surface area (Å²) in [5.41, 5.74) is 1.67. The second-order valence-electron chi connectivity index (χ2n) is 7.30. The molecule has 3 aromatic carbocycles. The number of hydrogen-bond acceptors (Lipinski definition) is 4. The molecule has 2 unspecified atom stereocenters. The Labute approximate surface area is 192 Å². The third-order valence-electron chi connectivity index (χ3n) is 5.00. The maximum absolute atomic E-state index is 14.1. The van der Waals surface area contributed by atoms with Crippen LogP contribution in [0.2, 0.25) is 0 Å². The molecule has 3 rings (SSSR count). The molecule has 0 aliphatic rings. The molecule has 2 atom stereocenters. The number of carbonyl (C=O) groups excluding carboxylic acids is 1. The molecule has 8 heteroatoms. The molecule has 0 fully saturated rings. The highest BCUT2D eigenvalue weighted by molar-refractivity contribution is 7.98. The van der Waals surface area contributed by atoms with Gasteiger partial charge in [-0.05, 0) is 55.0 Å². The molecule has 0 saturated heterocycles. The van der Waals surface area contributed by atoms with Crippen LogP contribution in [-0.4, -0.2) is 26.6 Å². The minimum Gasteiger partial charge on any atom is -0.348 e. The average Bonchev–Trinajstić information content (AvgIpc) is 2.79. The Balaban J connectivity index is 1.83. The predicted octanol–water partition coefficient (Wildman–Crippen LogP) is 4.31. The van der Waals surface area contributed by atoms with Crippen LogP contribution in [0.25, 0.3) is 0 Å². The molecule has 168 valence electrons. The maximum atomic E-state index is 14.1. The number of thioether (sulfide) groups is 1. The van der Waals surface area contributed by atoms with Gasteiger partial charge >= 0.3 is 0 Å². The standard InChI is InChI=1S/C24H25FN2O3S2/c1-17(19-12-14-20(31-2)15-13-19)26-24(28)22(16-18-8-4-3-5-9-18)27-32(29,30)23-11-7-6-10-21(23)25/h3-15,17,22,27H,16H2,1-2H3,(H,26,28). The summed E-state index contributed by atoms with van der Waals surface area (Å²) in [6, 6.07) is 20.5. The fraction of sp³-hybridized carbons (Fsp3) is 0.208. The summed E-state index contributed by atoms with van der Waals surface area (Å²) >= 11 is 1.62. The molecule has 0 saturated carbocycles. The van der Waals surface area contributed by atoms with Crippen molar-refractivity contribution in [2.45, 2.75) is 35.2 Å². The van der Waals surface area contributed by atoms with Crippen molar-refractivity contribution < 1.29 is 17.6 Å². The van der Waals surface area contributed by atoms with E-state index in [1.165, 1.54) is 18.2 Å². The second-order valence-corrected chi connectivity index (χ2v) is 9.86. The molecule has 0 bridgehead atoms. The molecule has 0 aliphatic heterocycles. The first kappa shape index (κ1) is 24.0. The Hall–Kier alpha value is -2.68. The Bertz CT molecular complexity index is 1150. The highest BCUT2D eigenvalue weighted by Crippen LogP contribution is 2.20. The normalized spacial score (nSPS) is 13.3. The lowest BCUT2D eigenvalue weighted by Crippen LogP contribution is -2.48. The summed E-state index contributed by atoms with van der Waals surface area (Å²) in [5, 5.41) is 2.88. The zero-order valence-electron chi connectivity index (χ0n) is 17.8. The number of hydrogen-bond donors (Lipinski definition) is 2. The van der Waals surface area contributed by atoms with Gasteiger partial charge in [-0.3, -0.25) is 4.79 Å². The lowest BCUT2D eigenvalue weighted by molar-refractivity contribution is -0.123. The van der Waals surface area contributed by atoms with Gasteiger partial charge in [0.05, 0.1) is 6.04 Å². The van der Waals surface area contributed by atoms with Crippen molar-refractivity contribution in [3.8, 4) is 0 Å². The molecule has 0 heterocycles. The molecular formula is C24H25FN2O3S2. The fourth-order valence-corrected chi connectivity index (χ4v) is 4.92. The first-order valence-corrected chi connectivity index (χ1v) is 12.8. The molecule has 2 N–H and O–H groups in total. The van der Waals surface area contributed by atoms with E-state index in [4.69, 9.17) is 0 Å². The Morgan fingerprint density at radius 2 is 1.59 bits per heavy atom. The van der Waals surface area contributed by atoms with E-state index in [9.17, 15) is 17.6 Å². The minimum atomic E-state index is -4.25. The van der Waals surface area contributed by atoms with Crippen LogP contribution in [0.3, 0.4) is 0 Å². The van der Waals surface area contributed by atoms with Crippen molar-refractivity contribution >= 4 is 27.7 Å². The van der Waals surface area contributed by atoms with Gasteiger partial charge in [0.15, 0.2) is 0 Å². The van der Waals surface area contributed by atoms with E-state index in [0.717, 1.165) is 22.1 Å². The van der Waals surface area contributed by atoms with Gasteiger partial charge < -0.3 is 5.32 Å². The number of amides is 1. The third kappa shape index (κ3) is 6.18. The van der Waals surface area contributed by atoms with E-state index in [0.29, 0.717) is 0 Å². The fourth-order valence-electron chi connectivity index (χ4n) is 3.24. The van der Waals surface area contributed by atoms with Crippen LogP contribution in [0.15, 0.2) is 88.7 Å². The van der Waals surface area contributed by atoms with Crippen molar-refractivity contribution in [2.75, 3.05) is 6.26 Å². The highest BCUT2D eigenvalue weighted by Gasteiger charge is 2.28. The molecule has 0 spiro atoms. The van der Waals surface area contributed by atoms with Gasteiger partial charge in [-0.15, -0.1) is 11.8 Å². The third-order valence-corrected chi connectivity index (χ3v) is 7.25. The van der Waals surface area contributed by atoms with Crippen LogP contribution in [0.1, 0.15) is 24.1 Å². The average molecular weight is 473 g/mol. The van der Waals surface area contributed by atoms with E-state index < -0.39 is 32.7 Å². The predicted molar refractivity (Wildman–Crippen MR) is 125 cm³/mol. The number of benzene rings is 3. The SMILES string of the molecule is CSc1ccc(C(C)NC(=O)C(Cc2ccccc2)NS(=O)(=O)c2ccccc2F)cc1. The second kappa shape index (κ2) is 10.8. The summed E-state index contributed by atoms with van der Waals surface area (Å²) in [6.45, 7) is 1.83. The van der Waals surface area contributed by atoms with Crippen LogP contribution in [0, 0.1) is 5.82 Å². The number of nitrogens with one attached hydrogen (secondary N) is 2. The smallest absolute Gasteiger partial charge is 0.244 e. The van der Waals surface area contributed by atoms with Crippen LogP contribution in [0.5, 0.6) is 0 Å². The van der Waals surface area contributed by atoms with Gasteiger partial charge in [0.2, 0.25) is 15.9 Å². The van der Waals surface area contributed by atoms with Crippen molar-refractivity contribution in [1.82, 2.24) is 10.0 Å². The summed E-state index contributed by atoms with van der Waals surface area (Å²) in [6.07, 6.45) is 2.11. The van der Waals surface area contributed by atoms with E-state index in [1.807, 2.05) is 67.8 Å². The van der Waals surface area contributed by atoms with Crippen molar-refractivity contribution in [1.29, 1.82) is 0 Å². The number of sulfonamides is 1. The van der Waals surface area contributed by atoms with Gasteiger partial charge in [-0.2, -0.15) is 4.72 Å². The summed E-state index contributed by atoms with van der Waals surface area (Å²) in [4.78, 5) is 13.7. The number of rotatable bonds is 9. The first-order chi connectivity index (χ1) is 15.3. The van der Waals surface area contributed by atoms with E-state index in [-0.39, 0.29) is 12.5 Å². The molecule has 0 radical (unpaired) electrons. The van der Waals surface area contributed by atoms with Gasteiger partial charge in [-0.1, -0.05) is 54.6 Å². The number of carbonyl (C=O) groups is 1. The van der Waals surface area contributed by atoms with Crippen LogP contribution >= 0.6 is 11.8 Å². The van der Waals surface area contributed by atoms with Crippen LogP contribution in [-0.2, 0) is 21.2 Å². The zero-order chi connectivity index (χ0) is 23.1. The largest absolute Gasteiger partial charge is 0.348 e. The van der Waals surface area contributed by atoms with Crippen molar-refractivity contribution in [3.63, 3.8) is 0 Å². The highest BCUT2D eigenvalue weighted by atomic mass is 32.2. The molecule has 0 aliphatic carbocycles. The molecule has 32 heavy (non-hydrogen) atoms.